The van der Waals surface area contributed by atoms with Crippen LogP contribution in [0.5, 0.6) is 5.75 Å². The molecule has 10 heteroatoms. The summed E-state index contributed by atoms with van der Waals surface area (Å²) in [5.74, 6) is 0.520. The number of nitrogens with one attached hydrogen (secondary N) is 2. The smallest absolute Gasteiger partial charge is 0.266 e. The Morgan fingerprint density at radius 3 is 2.61 bits per heavy atom. The Morgan fingerprint density at radius 2 is 1.88 bits per heavy atom. The van der Waals surface area contributed by atoms with Crippen molar-refractivity contribution in [1.29, 1.82) is 0 Å². The lowest BCUT2D eigenvalue weighted by Gasteiger charge is -2.30. The molecule has 0 spiro atoms. The molecule has 3 aromatic carbocycles. The van der Waals surface area contributed by atoms with Gasteiger partial charge in [0.05, 0.1) is 6.61 Å². The molecule has 1 aliphatic rings. The van der Waals surface area contributed by atoms with Crippen LogP contribution < -0.4 is 15.6 Å². The second-order valence-electron chi connectivity index (χ2n) is 9.50. The van der Waals surface area contributed by atoms with Gasteiger partial charge >= 0.3 is 0 Å². The largest absolute Gasteiger partial charge is 0.494 e. The second kappa shape index (κ2) is 14.7. The van der Waals surface area contributed by atoms with E-state index in [4.69, 9.17) is 25.1 Å². The number of ether oxygens (including phenoxy) is 2. The molecule has 3 aromatic rings. The van der Waals surface area contributed by atoms with Gasteiger partial charge < -0.3 is 14.6 Å². The molecule has 0 aromatic heterocycles. The number of hydrazine groups is 1. The molecule has 41 heavy (non-hydrogen) atoms. The molecule has 3 N–H and O–H groups in total. The van der Waals surface area contributed by atoms with Crippen molar-refractivity contribution in [2.45, 2.75) is 37.3 Å². The number of aliphatic hydroxyl groups excluding tert-OH is 1. The van der Waals surface area contributed by atoms with E-state index in [1.165, 1.54) is 5.56 Å². The minimum atomic E-state index is -1.42. The maximum absolute atomic E-state index is 13.9. The molecule has 0 saturated carbocycles. The number of carbonyl (C=O) groups excluding carboxylic acids is 1. The van der Waals surface area contributed by atoms with Crippen molar-refractivity contribution in [2.24, 2.45) is 10.1 Å². The summed E-state index contributed by atoms with van der Waals surface area (Å²) in [6.07, 6.45) is 3.14. The van der Waals surface area contributed by atoms with E-state index in [0.717, 1.165) is 12.8 Å². The summed E-state index contributed by atoms with van der Waals surface area (Å²) >= 11 is 0. The third-order valence-corrected chi connectivity index (χ3v) is 6.67. The van der Waals surface area contributed by atoms with E-state index in [1.54, 1.807) is 54.6 Å². The van der Waals surface area contributed by atoms with Crippen molar-refractivity contribution in [3.63, 3.8) is 0 Å². The number of aliphatic hydroxyl groups is 1. The molecule has 1 heterocycles. The predicted molar refractivity (Wildman–Crippen MR) is 158 cm³/mol. The van der Waals surface area contributed by atoms with Crippen molar-refractivity contribution in [1.82, 2.24) is 10.9 Å². The number of rotatable bonds is 15. The van der Waals surface area contributed by atoms with Crippen LogP contribution in [0.15, 0.2) is 102 Å². The highest BCUT2D eigenvalue weighted by atomic mass is 16.5. The van der Waals surface area contributed by atoms with Crippen LogP contribution in [0.4, 0.5) is 5.69 Å². The first kappa shape index (κ1) is 29.4. The van der Waals surface area contributed by atoms with Crippen LogP contribution in [-0.4, -0.2) is 42.2 Å². The van der Waals surface area contributed by atoms with E-state index in [9.17, 15) is 4.79 Å². The van der Waals surface area contributed by atoms with Gasteiger partial charge in [-0.15, -0.1) is 6.58 Å². The summed E-state index contributed by atoms with van der Waals surface area (Å²) in [4.78, 5) is 21.7. The predicted octanol–water partition coefficient (Wildman–Crippen LogP) is 5.48. The number of amides is 1. The monoisotopic (exact) mass is 554 g/mol. The van der Waals surface area contributed by atoms with Gasteiger partial charge in [0.15, 0.2) is 11.6 Å². The van der Waals surface area contributed by atoms with Crippen LogP contribution in [0.25, 0.3) is 10.4 Å². The van der Waals surface area contributed by atoms with Crippen molar-refractivity contribution >= 4 is 17.5 Å². The third-order valence-electron chi connectivity index (χ3n) is 6.67. The van der Waals surface area contributed by atoms with Gasteiger partial charge in [-0.05, 0) is 48.2 Å². The summed E-state index contributed by atoms with van der Waals surface area (Å²) in [7, 11) is 0. The number of azide groups is 1. The fourth-order valence-corrected chi connectivity index (χ4v) is 4.64. The van der Waals surface area contributed by atoms with E-state index in [1.807, 2.05) is 18.2 Å². The first-order chi connectivity index (χ1) is 20.1. The minimum Gasteiger partial charge on any atom is -0.494 e. The number of carbonyl (C=O) groups is 1. The zero-order valence-corrected chi connectivity index (χ0v) is 22.8. The zero-order valence-electron chi connectivity index (χ0n) is 22.8. The van der Waals surface area contributed by atoms with E-state index in [-0.39, 0.29) is 18.9 Å². The Morgan fingerprint density at radius 1 is 1.12 bits per heavy atom. The summed E-state index contributed by atoms with van der Waals surface area (Å²) in [6, 6.07) is 24.3. The van der Waals surface area contributed by atoms with Gasteiger partial charge in [0.1, 0.15) is 5.75 Å². The first-order valence-corrected chi connectivity index (χ1v) is 13.5. The van der Waals surface area contributed by atoms with Gasteiger partial charge in [-0.2, -0.15) is 0 Å². The van der Waals surface area contributed by atoms with E-state index >= 15 is 0 Å². The fourth-order valence-electron chi connectivity index (χ4n) is 4.64. The maximum Gasteiger partial charge on any atom is 0.266 e. The Balaban J connectivity index is 1.59. The molecule has 1 amide bonds. The molecular weight excluding hydrogens is 520 g/mol. The molecule has 0 radical (unpaired) electrons. The summed E-state index contributed by atoms with van der Waals surface area (Å²) < 4.78 is 12.0. The van der Waals surface area contributed by atoms with Gasteiger partial charge in [0, 0.05) is 47.7 Å². The van der Waals surface area contributed by atoms with Crippen LogP contribution in [-0.2, 0) is 16.0 Å². The fraction of sp³-hybridized carbons (Fsp3) is 0.290. The number of nitrogens with zero attached hydrogens (tertiary/aromatic N) is 4. The quantitative estimate of drug-likeness (QED) is 0.0570. The van der Waals surface area contributed by atoms with E-state index in [2.05, 4.69) is 39.6 Å². The summed E-state index contributed by atoms with van der Waals surface area (Å²) in [5.41, 5.74) is 16.4. The van der Waals surface area contributed by atoms with Crippen LogP contribution in [0.1, 0.15) is 42.1 Å². The molecule has 10 nitrogen and oxygen atoms in total. The maximum atomic E-state index is 13.9. The first-order valence-electron chi connectivity index (χ1n) is 13.5. The molecule has 0 aliphatic carbocycles. The Kier molecular flexibility index (Phi) is 10.5. The highest BCUT2D eigenvalue weighted by Crippen LogP contribution is 2.45. The lowest BCUT2D eigenvalue weighted by Crippen LogP contribution is -2.52. The average molecular weight is 555 g/mol. The van der Waals surface area contributed by atoms with Gasteiger partial charge in [-0.1, -0.05) is 65.8 Å². The Labute approximate surface area is 239 Å². The molecule has 0 fully saturated rings. The Hall–Kier alpha value is -4.63. The van der Waals surface area contributed by atoms with Crippen molar-refractivity contribution in [3.8, 4) is 5.75 Å². The zero-order chi connectivity index (χ0) is 28.9. The normalized spacial score (nSPS) is 17.6. The number of benzene rings is 3. The van der Waals surface area contributed by atoms with Crippen LogP contribution in [0.3, 0.4) is 0 Å². The van der Waals surface area contributed by atoms with Crippen LogP contribution >= 0.6 is 0 Å². The minimum absolute atomic E-state index is 0.0524. The van der Waals surface area contributed by atoms with Crippen LogP contribution in [0, 0.1) is 0 Å². The lowest BCUT2D eigenvalue weighted by atomic mass is 9.84. The van der Waals surface area contributed by atoms with Gasteiger partial charge in [0.2, 0.25) is 5.90 Å². The molecule has 0 bridgehead atoms. The molecular formula is C31H34N6O4. The molecule has 212 valence electrons. The van der Waals surface area contributed by atoms with Crippen molar-refractivity contribution in [3.05, 3.63) is 119 Å². The molecule has 4 rings (SSSR count). The van der Waals surface area contributed by atoms with Gasteiger partial charge in [0.25, 0.3) is 5.91 Å². The molecule has 2 atom stereocenters. The number of hydrogen-bond donors (Lipinski definition) is 3. The molecule has 0 saturated heterocycles. The third kappa shape index (κ3) is 7.32. The topological polar surface area (TPSA) is 141 Å². The lowest BCUT2D eigenvalue weighted by molar-refractivity contribution is -0.129. The Bertz CT molecular complexity index is 1390. The molecule has 0 unspecified atom stereocenters. The highest BCUT2D eigenvalue weighted by Gasteiger charge is 2.53. The molecule has 1 aliphatic heterocycles. The number of hydrogen-bond acceptors (Lipinski definition) is 7. The second-order valence-corrected chi connectivity index (χ2v) is 9.50. The summed E-state index contributed by atoms with van der Waals surface area (Å²) in [6.45, 7) is 4.89. The number of aliphatic imine (C=N–C) groups is 1. The van der Waals surface area contributed by atoms with Gasteiger partial charge in [-0.25, -0.2) is 10.4 Å². The van der Waals surface area contributed by atoms with Crippen molar-refractivity contribution < 1.29 is 19.4 Å². The van der Waals surface area contributed by atoms with Gasteiger partial charge in [-0.3, -0.25) is 10.2 Å². The van der Waals surface area contributed by atoms with E-state index in [0.29, 0.717) is 42.1 Å². The standard InChI is InChI=1S/C31H34N6O4/c1-2-19-31(30(39)36-33-20-8-12-23-10-4-3-5-11-23)28(26-13-6-7-14-27(26)35-37-32)41-29(34-31)24-15-17-25(18-16-24)40-22-9-21-38/h2-7,10-11,13-18,28,33,38H,1,8-9,12,19-22H2,(H,36,39)/t28-,31-/m0/s1. The van der Waals surface area contributed by atoms with Crippen molar-refractivity contribution in [2.75, 3.05) is 19.8 Å². The highest BCUT2D eigenvalue weighted by molar-refractivity contribution is 6.01. The number of aryl methyl sites for hydroxylation is 1. The SMILES string of the molecule is C=CC[C@]1(C(=O)NNCCCc2ccccc2)N=C(c2ccc(OCCCO)cc2)O[C@H]1c1ccccc1N=[N+]=[N-]. The summed E-state index contributed by atoms with van der Waals surface area (Å²) in [5, 5.41) is 12.8. The average Bonchev–Trinajstić information content (AvgIpc) is 3.39. The van der Waals surface area contributed by atoms with Crippen LogP contribution in [0.2, 0.25) is 0 Å². The van der Waals surface area contributed by atoms with E-state index < -0.39 is 17.6 Å².